The number of rotatable bonds is 5. The van der Waals surface area contributed by atoms with Crippen molar-refractivity contribution < 1.29 is 18.7 Å². The van der Waals surface area contributed by atoms with Crippen LogP contribution in [0.1, 0.15) is 24.2 Å². The maximum atomic E-state index is 13.5. The minimum atomic E-state index is -1.96. The molecule has 6 heteroatoms. The van der Waals surface area contributed by atoms with Crippen molar-refractivity contribution in [1.29, 1.82) is 0 Å². The van der Waals surface area contributed by atoms with Gasteiger partial charge in [0.05, 0.1) is 5.56 Å². The summed E-state index contributed by atoms with van der Waals surface area (Å²) in [6.45, 7) is 2.36. The van der Waals surface area contributed by atoms with Gasteiger partial charge in [-0.25, -0.2) is 4.39 Å². The molecular weight excluding hydrogens is 299 g/mol. The fourth-order valence-corrected chi connectivity index (χ4v) is 1.77. The summed E-state index contributed by atoms with van der Waals surface area (Å²) in [5, 5.41) is 2.46. The summed E-state index contributed by atoms with van der Waals surface area (Å²) in [6.07, 6.45) is 0. The van der Waals surface area contributed by atoms with E-state index in [0.29, 0.717) is 17.2 Å². The number of primary amides is 1. The number of halogens is 1. The second-order valence-corrected chi connectivity index (χ2v) is 5.41. The quantitative estimate of drug-likeness (QED) is 0.888. The van der Waals surface area contributed by atoms with Crippen LogP contribution in [0.4, 0.5) is 10.1 Å². The van der Waals surface area contributed by atoms with E-state index in [9.17, 15) is 14.0 Å². The molecule has 2 aromatic rings. The first-order valence-electron chi connectivity index (χ1n) is 6.94. The monoisotopic (exact) mass is 316 g/mol. The fourth-order valence-electron chi connectivity index (χ4n) is 1.77. The van der Waals surface area contributed by atoms with Crippen LogP contribution in [0, 0.1) is 0 Å². The molecule has 0 spiro atoms. The standard InChI is InChI=1S/C17H17FN2O3/c1-17(2,18)16(22)20-11-7-9-12(10-8-11)23-14-6-4-3-5-13(14)15(19)21/h3-10H,1-2H3,(H2,19,21)(H,20,22). The molecule has 0 radical (unpaired) electrons. The van der Waals surface area contributed by atoms with E-state index in [1.165, 1.54) is 13.8 Å². The van der Waals surface area contributed by atoms with Crippen molar-refractivity contribution in [3.8, 4) is 11.5 Å². The zero-order valence-corrected chi connectivity index (χ0v) is 12.8. The van der Waals surface area contributed by atoms with Crippen molar-refractivity contribution in [2.24, 2.45) is 5.73 Å². The molecule has 2 rings (SSSR count). The van der Waals surface area contributed by atoms with Crippen molar-refractivity contribution in [3.63, 3.8) is 0 Å². The fraction of sp³-hybridized carbons (Fsp3) is 0.176. The molecule has 0 fully saturated rings. The normalized spacial score (nSPS) is 10.9. The van der Waals surface area contributed by atoms with Gasteiger partial charge in [0.1, 0.15) is 11.5 Å². The van der Waals surface area contributed by atoms with Crippen molar-refractivity contribution in [2.75, 3.05) is 5.32 Å². The van der Waals surface area contributed by atoms with Gasteiger partial charge in [0.2, 0.25) is 0 Å². The molecule has 3 N–H and O–H groups in total. The molecule has 2 aromatic carbocycles. The number of amides is 2. The lowest BCUT2D eigenvalue weighted by molar-refractivity contribution is -0.125. The molecule has 0 unspecified atom stereocenters. The SMILES string of the molecule is CC(C)(F)C(=O)Nc1ccc(Oc2ccccc2C(N)=O)cc1. The van der Waals surface area contributed by atoms with Crippen molar-refractivity contribution in [1.82, 2.24) is 0 Å². The van der Waals surface area contributed by atoms with Crippen LogP contribution in [0.3, 0.4) is 0 Å². The largest absolute Gasteiger partial charge is 0.457 e. The van der Waals surface area contributed by atoms with Gasteiger partial charge in [-0.1, -0.05) is 12.1 Å². The smallest absolute Gasteiger partial charge is 0.261 e. The Balaban J connectivity index is 2.12. The third-order valence-corrected chi connectivity index (χ3v) is 3.03. The third-order valence-electron chi connectivity index (χ3n) is 3.03. The first-order chi connectivity index (χ1) is 10.8. The van der Waals surface area contributed by atoms with Gasteiger partial charge in [-0.15, -0.1) is 0 Å². The van der Waals surface area contributed by atoms with E-state index in [0.717, 1.165) is 0 Å². The highest BCUT2D eigenvalue weighted by atomic mass is 19.1. The highest BCUT2D eigenvalue weighted by Gasteiger charge is 2.26. The molecule has 0 aromatic heterocycles. The maximum absolute atomic E-state index is 13.5. The van der Waals surface area contributed by atoms with Crippen molar-refractivity contribution in [2.45, 2.75) is 19.5 Å². The predicted octanol–water partition coefficient (Wildman–Crippen LogP) is 3.26. The molecule has 5 nitrogen and oxygen atoms in total. The zero-order valence-electron chi connectivity index (χ0n) is 12.8. The number of ether oxygens (including phenoxy) is 1. The molecule has 2 amide bonds. The molecule has 0 aliphatic rings. The van der Waals surface area contributed by atoms with Gasteiger partial charge < -0.3 is 15.8 Å². The van der Waals surface area contributed by atoms with Crippen LogP contribution in [-0.4, -0.2) is 17.5 Å². The zero-order chi connectivity index (χ0) is 17.0. The molecule has 0 saturated carbocycles. The number of hydrogen-bond donors (Lipinski definition) is 2. The van der Waals surface area contributed by atoms with E-state index in [4.69, 9.17) is 10.5 Å². The first-order valence-corrected chi connectivity index (χ1v) is 6.94. The average Bonchev–Trinajstić information content (AvgIpc) is 2.48. The molecular formula is C17H17FN2O3. The van der Waals surface area contributed by atoms with Crippen molar-refractivity contribution in [3.05, 3.63) is 54.1 Å². The number of nitrogens with two attached hydrogens (primary N) is 1. The van der Waals surface area contributed by atoms with Gasteiger partial charge in [-0.3, -0.25) is 9.59 Å². The highest BCUT2D eigenvalue weighted by Crippen LogP contribution is 2.26. The third kappa shape index (κ3) is 4.29. The minimum Gasteiger partial charge on any atom is -0.457 e. The summed E-state index contributed by atoms with van der Waals surface area (Å²) in [5.41, 5.74) is 4.03. The number of nitrogens with one attached hydrogen (secondary N) is 1. The number of hydrogen-bond acceptors (Lipinski definition) is 3. The number of anilines is 1. The molecule has 0 aliphatic heterocycles. The van der Waals surface area contributed by atoms with Gasteiger partial charge in [-0.05, 0) is 50.2 Å². The Bertz CT molecular complexity index is 721. The number of carbonyl (C=O) groups is 2. The van der Waals surface area contributed by atoms with Gasteiger partial charge in [0.25, 0.3) is 11.8 Å². The van der Waals surface area contributed by atoms with Crippen LogP contribution in [0.5, 0.6) is 11.5 Å². The van der Waals surface area contributed by atoms with E-state index in [2.05, 4.69) is 5.32 Å². The molecule has 0 atom stereocenters. The maximum Gasteiger partial charge on any atom is 0.261 e. The summed E-state index contributed by atoms with van der Waals surface area (Å²) in [6, 6.07) is 12.9. The molecule has 23 heavy (non-hydrogen) atoms. The van der Waals surface area contributed by atoms with Gasteiger partial charge >= 0.3 is 0 Å². The number of carbonyl (C=O) groups excluding carboxylic acids is 2. The van der Waals surface area contributed by atoms with Crippen LogP contribution in [0.2, 0.25) is 0 Å². The first kappa shape index (κ1) is 16.5. The Morgan fingerprint density at radius 1 is 1.09 bits per heavy atom. The molecule has 0 heterocycles. The highest BCUT2D eigenvalue weighted by molar-refractivity contribution is 5.97. The van der Waals surface area contributed by atoms with Crippen LogP contribution >= 0.6 is 0 Å². The molecule has 0 aliphatic carbocycles. The Labute approximate surface area is 133 Å². The van der Waals surface area contributed by atoms with Crippen LogP contribution in [-0.2, 0) is 4.79 Å². The average molecular weight is 316 g/mol. The van der Waals surface area contributed by atoms with Crippen LogP contribution in [0.15, 0.2) is 48.5 Å². The Hall–Kier alpha value is -2.89. The number of alkyl halides is 1. The number of para-hydroxylation sites is 1. The lowest BCUT2D eigenvalue weighted by Crippen LogP contribution is -2.32. The summed E-state index contributed by atoms with van der Waals surface area (Å²) in [7, 11) is 0. The number of benzene rings is 2. The lowest BCUT2D eigenvalue weighted by atomic mass is 10.1. The van der Waals surface area contributed by atoms with Crippen molar-refractivity contribution >= 4 is 17.5 Å². The van der Waals surface area contributed by atoms with E-state index < -0.39 is 17.5 Å². The van der Waals surface area contributed by atoms with Gasteiger partial charge in [0, 0.05) is 5.69 Å². The Kier molecular flexibility index (Phi) is 4.64. The summed E-state index contributed by atoms with van der Waals surface area (Å²) >= 11 is 0. The Morgan fingerprint density at radius 3 is 2.26 bits per heavy atom. The molecule has 0 bridgehead atoms. The van der Waals surface area contributed by atoms with E-state index in [1.54, 1.807) is 48.5 Å². The summed E-state index contributed by atoms with van der Waals surface area (Å²) in [5.74, 6) is -0.530. The minimum absolute atomic E-state index is 0.268. The topological polar surface area (TPSA) is 81.4 Å². The second kappa shape index (κ2) is 6.48. The molecule has 120 valence electrons. The van der Waals surface area contributed by atoms with Gasteiger partial charge in [0.15, 0.2) is 5.67 Å². The van der Waals surface area contributed by atoms with E-state index in [-0.39, 0.29) is 5.56 Å². The lowest BCUT2D eigenvalue weighted by Gasteiger charge is -2.14. The van der Waals surface area contributed by atoms with E-state index in [1.807, 2.05) is 0 Å². The summed E-state index contributed by atoms with van der Waals surface area (Å²) in [4.78, 5) is 22.9. The summed E-state index contributed by atoms with van der Waals surface area (Å²) < 4.78 is 19.1. The predicted molar refractivity (Wildman–Crippen MR) is 85.3 cm³/mol. The Morgan fingerprint density at radius 2 is 1.70 bits per heavy atom. The molecule has 0 saturated heterocycles. The van der Waals surface area contributed by atoms with Gasteiger partial charge in [-0.2, -0.15) is 0 Å². The second-order valence-electron chi connectivity index (χ2n) is 5.41. The van der Waals surface area contributed by atoms with Crippen LogP contribution in [0.25, 0.3) is 0 Å². The van der Waals surface area contributed by atoms with Crippen LogP contribution < -0.4 is 15.8 Å². The van der Waals surface area contributed by atoms with E-state index >= 15 is 0 Å².